The van der Waals surface area contributed by atoms with Crippen LogP contribution in [0.25, 0.3) is 11.3 Å². The molecule has 0 amide bonds. The predicted octanol–water partition coefficient (Wildman–Crippen LogP) is 4.33. The Balaban J connectivity index is 2.01. The lowest BCUT2D eigenvalue weighted by Crippen LogP contribution is -2.28. The largest absolute Gasteiger partial charge is 0.460 e. The fraction of sp³-hybridized carbons (Fsp3) is 0.412. The fourth-order valence-corrected chi connectivity index (χ4v) is 2.83. The van der Waals surface area contributed by atoms with Gasteiger partial charge >= 0.3 is 5.97 Å². The molecule has 1 heterocycles. The standard InChI is InChI=1S/C17H21NO2S/c1-12(16(19)20-17(2,3)4)10-15-18-14(11-21-15)13-8-6-5-7-9-13/h5-9,11-12H,10H2,1-4H3. The SMILES string of the molecule is CC(Cc1nc(-c2ccccc2)cs1)C(=O)OC(C)(C)C. The molecule has 0 N–H and O–H groups in total. The first-order valence-corrected chi connectivity index (χ1v) is 7.96. The van der Waals surface area contributed by atoms with E-state index in [4.69, 9.17) is 4.74 Å². The first-order valence-electron chi connectivity index (χ1n) is 7.08. The van der Waals surface area contributed by atoms with Crippen molar-refractivity contribution in [1.82, 2.24) is 4.98 Å². The Morgan fingerprint density at radius 2 is 1.95 bits per heavy atom. The van der Waals surface area contributed by atoms with E-state index >= 15 is 0 Å². The van der Waals surface area contributed by atoms with Gasteiger partial charge in [-0.3, -0.25) is 4.79 Å². The van der Waals surface area contributed by atoms with Gasteiger partial charge in [-0.05, 0) is 20.8 Å². The van der Waals surface area contributed by atoms with Crippen molar-refractivity contribution in [2.24, 2.45) is 5.92 Å². The van der Waals surface area contributed by atoms with E-state index in [1.54, 1.807) is 11.3 Å². The van der Waals surface area contributed by atoms with Crippen molar-refractivity contribution in [1.29, 1.82) is 0 Å². The minimum absolute atomic E-state index is 0.168. The van der Waals surface area contributed by atoms with Crippen molar-refractivity contribution < 1.29 is 9.53 Å². The molecule has 3 nitrogen and oxygen atoms in total. The van der Waals surface area contributed by atoms with Gasteiger partial charge in [0.25, 0.3) is 0 Å². The van der Waals surface area contributed by atoms with E-state index in [1.807, 2.05) is 63.4 Å². The van der Waals surface area contributed by atoms with Crippen LogP contribution in [0, 0.1) is 5.92 Å². The highest BCUT2D eigenvalue weighted by molar-refractivity contribution is 7.09. The first kappa shape index (κ1) is 15.7. The van der Waals surface area contributed by atoms with Gasteiger partial charge in [0, 0.05) is 17.4 Å². The van der Waals surface area contributed by atoms with Crippen molar-refractivity contribution in [2.45, 2.75) is 39.7 Å². The maximum Gasteiger partial charge on any atom is 0.309 e. The summed E-state index contributed by atoms with van der Waals surface area (Å²) in [6.45, 7) is 7.54. The third kappa shape index (κ3) is 4.67. The number of hydrogen-bond donors (Lipinski definition) is 0. The van der Waals surface area contributed by atoms with Crippen LogP contribution in [0.15, 0.2) is 35.7 Å². The highest BCUT2D eigenvalue weighted by atomic mass is 32.1. The molecule has 0 aliphatic rings. The molecule has 0 radical (unpaired) electrons. The zero-order valence-electron chi connectivity index (χ0n) is 12.9. The topological polar surface area (TPSA) is 39.2 Å². The normalized spacial score (nSPS) is 13.0. The Kier molecular flexibility index (Phi) is 4.78. The summed E-state index contributed by atoms with van der Waals surface area (Å²) < 4.78 is 5.40. The van der Waals surface area contributed by atoms with Gasteiger partial charge in [-0.15, -0.1) is 11.3 Å². The summed E-state index contributed by atoms with van der Waals surface area (Å²) in [6, 6.07) is 10.1. The molecule has 1 aromatic carbocycles. The minimum Gasteiger partial charge on any atom is -0.460 e. The lowest BCUT2D eigenvalue weighted by molar-refractivity contribution is -0.159. The Morgan fingerprint density at radius 1 is 1.29 bits per heavy atom. The number of thiazole rings is 1. The van der Waals surface area contributed by atoms with E-state index in [9.17, 15) is 4.79 Å². The predicted molar refractivity (Wildman–Crippen MR) is 86.3 cm³/mol. The number of aromatic nitrogens is 1. The van der Waals surface area contributed by atoms with E-state index in [0.29, 0.717) is 6.42 Å². The Labute approximate surface area is 130 Å². The van der Waals surface area contributed by atoms with Crippen LogP contribution in [0.2, 0.25) is 0 Å². The molecule has 0 spiro atoms. The lowest BCUT2D eigenvalue weighted by atomic mass is 10.1. The van der Waals surface area contributed by atoms with Crippen LogP contribution in [0.4, 0.5) is 0 Å². The van der Waals surface area contributed by atoms with Crippen LogP contribution in [-0.2, 0) is 16.0 Å². The average molecular weight is 303 g/mol. The maximum atomic E-state index is 12.0. The molecule has 1 atom stereocenters. The molecular weight excluding hydrogens is 282 g/mol. The second kappa shape index (κ2) is 6.39. The Bertz CT molecular complexity index is 599. The van der Waals surface area contributed by atoms with Crippen LogP contribution in [-0.4, -0.2) is 16.6 Å². The first-order chi connectivity index (χ1) is 9.85. The van der Waals surface area contributed by atoms with E-state index in [1.165, 1.54) is 0 Å². The van der Waals surface area contributed by atoms with Crippen LogP contribution in [0.1, 0.15) is 32.7 Å². The summed E-state index contributed by atoms with van der Waals surface area (Å²) in [6.07, 6.45) is 0.617. The Morgan fingerprint density at radius 3 is 2.57 bits per heavy atom. The number of benzene rings is 1. The van der Waals surface area contributed by atoms with E-state index in [-0.39, 0.29) is 11.9 Å². The van der Waals surface area contributed by atoms with Crippen LogP contribution in [0.3, 0.4) is 0 Å². The second-order valence-corrected chi connectivity index (χ2v) is 7.07. The molecule has 0 bridgehead atoms. The third-order valence-electron chi connectivity index (χ3n) is 2.91. The molecule has 0 fully saturated rings. The van der Waals surface area contributed by atoms with Gasteiger partial charge in [-0.25, -0.2) is 4.98 Å². The van der Waals surface area contributed by atoms with Gasteiger partial charge < -0.3 is 4.74 Å². The summed E-state index contributed by atoms with van der Waals surface area (Å²) in [4.78, 5) is 16.6. The van der Waals surface area contributed by atoms with Crippen molar-refractivity contribution in [3.63, 3.8) is 0 Å². The lowest BCUT2D eigenvalue weighted by Gasteiger charge is -2.21. The zero-order chi connectivity index (χ0) is 15.5. The van der Waals surface area contributed by atoms with Gasteiger partial charge in [0.15, 0.2) is 0 Å². The zero-order valence-corrected chi connectivity index (χ0v) is 13.7. The summed E-state index contributed by atoms with van der Waals surface area (Å²) in [7, 11) is 0. The molecule has 0 saturated heterocycles. The number of hydrogen-bond acceptors (Lipinski definition) is 4. The third-order valence-corrected chi connectivity index (χ3v) is 3.78. The number of ether oxygens (including phenoxy) is 1. The summed E-state index contributed by atoms with van der Waals surface area (Å²) >= 11 is 1.59. The highest BCUT2D eigenvalue weighted by Crippen LogP contribution is 2.24. The number of carbonyl (C=O) groups excluding carboxylic acids is 1. The van der Waals surface area contributed by atoms with E-state index in [2.05, 4.69) is 4.98 Å². The average Bonchev–Trinajstić information content (AvgIpc) is 2.86. The van der Waals surface area contributed by atoms with Crippen LogP contribution in [0.5, 0.6) is 0 Å². The smallest absolute Gasteiger partial charge is 0.309 e. The van der Waals surface area contributed by atoms with Gasteiger partial charge in [0.1, 0.15) is 5.60 Å². The quantitative estimate of drug-likeness (QED) is 0.789. The molecule has 21 heavy (non-hydrogen) atoms. The monoisotopic (exact) mass is 303 g/mol. The van der Waals surface area contributed by atoms with Crippen LogP contribution >= 0.6 is 11.3 Å². The summed E-state index contributed by atoms with van der Waals surface area (Å²) in [5, 5.41) is 3.00. The molecule has 112 valence electrons. The van der Waals surface area contributed by atoms with E-state index < -0.39 is 5.60 Å². The second-order valence-electron chi connectivity index (χ2n) is 6.13. The highest BCUT2D eigenvalue weighted by Gasteiger charge is 2.22. The van der Waals surface area contributed by atoms with Crippen molar-refractivity contribution >= 4 is 17.3 Å². The summed E-state index contributed by atoms with van der Waals surface area (Å²) in [5.41, 5.74) is 1.63. The van der Waals surface area contributed by atoms with E-state index in [0.717, 1.165) is 16.3 Å². The van der Waals surface area contributed by atoms with Crippen LogP contribution < -0.4 is 0 Å². The van der Waals surface area contributed by atoms with Crippen molar-refractivity contribution in [3.8, 4) is 11.3 Å². The molecule has 1 unspecified atom stereocenters. The maximum absolute atomic E-state index is 12.0. The molecule has 0 saturated carbocycles. The van der Waals surface area contributed by atoms with Gasteiger partial charge in [0.05, 0.1) is 16.6 Å². The number of nitrogens with zero attached hydrogens (tertiary/aromatic N) is 1. The minimum atomic E-state index is -0.441. The molecule has 0 aliphatic heterocycles. The fourth-order valence-electron chi connectivity index (χ4n) is 1.89. The molecule has 4 heteroatoms. The number of rotatable bonds is 4. The van der Waals surface area contributed by atoms with Gasteiger partial charge in [0.2, 0.25) is 0 Å². The summed E-state index contributed by atoms with van der Waals surface area (Å²) in [5.74, 6) is -0.349. The molecule has 2 aromatic rings. The molecule has 0 aliphatic carbocycles. The number of esters is 1. The molecular formula is C17H21NO2S. The van der Waals surface area contributed by atoms with Crippen molar-refractivity contribution in [2.75, 3.05) is 0 Å². The van der Waals surface area contributed by atoms with Gasteiger partial charge in [-0.2, -0.15) is 0 Å². The van der Waals surface area contributed by atoms with Crippen molar-refractivity contribution in [3.05, 3.63) is 40.7 Å². The number of carbonyl (C=O) groups is 1. The molecule has 1 aromatic heterocycles. The van der Waals surface area contributed by atoms with Gasteiger partial charge in [-0.1, -0.05) is 37.3 Å². The Hall–Kier alpha value is -1.68. The molecule has 2 rings (SSSR count).